The Morgan fingerprint density at radius 3 is 2.45 bits per heavy atom. The number of hydrogen-bond donors (Lipinski definition) is 2. The molecule has 0 bridgehead atoms. The highest BCUT2D eigenvalue weighted by atomic mass is 16.4. The van der Waals surface area contributed by atoms with Gasteiger partial charge in [0.05, 0.1) is 5.69 Å². The van der Waals surface area contributed by atoms with E-state index < -0.39 is 11.5 Å². The average molecular weight is 281 g/mol. The summed E-state index contributed by atoms with van der Waals surface area (Å²) < 4.78 is 1.93. The Hall–Kier alpha value is -1.36. The number of rotatable bonds is 7. The molecule has 1 atom stereocenters. The van der Waals surface area contributed by atoms with Crippen LogP contribution < -0.4 is 5.32 Å². The molecule has 0 amide bonds. The van der Waals surface area contributed by atoms with Gasteiger partial charge in [-0.3, -0.25) is 14.8 Å². The van der Waals surface area contributed by atoms with Crippen LogP contribution in [0.25, 0.3) is 0 Å². The number of carbonyl (C=O) groups is 1. The maximum atomic E-state index is 11.5. The molecule has 2 N–H and O–H groups in total. The minimum atomic E-state index is -0.924. The van der Waals surface area contributed by atoms with E-state index in [0.717, 1.165) is 17.8 Å². The summed E-state index contributed by atoms with van der Waals surface area (Å²) in [4.78, 5) is 11.5. The maximum absolute atomic E-state index is 11.5. The highest BCUT2D eigenvalue weighted by molar-refractivity contribution is 5.78. The SMILES string of the molecule is CCc1c(C)nn(CCC(C)(NC(C)C)C(=O)O)c1C. The van der Waals surface area contributed by atoms with Crippen LogP contribution in [-0.2, 0) is 17.8 Å². The molecule has 0 aliphatic rings. The van der Waals surface area contributed by atoms with Gasteiger partial charge in [0.1, 0.15) is 5.54 Å². The zero-order valence-corrected chi connectivity index (χ0v) is 13.4. The van der Waals surface area contributed by atoms with E-state index in [0.29, 0.717) is 13.0 Å². The smallest absolute Gasteiger partial charge is 0.323 e. The van der Waals surface area contributed by atoms with Crippen molar-refractivity contribution in [3.05, 3.63) is 17.0 Å². The second kappa shape index (κ2) is 6.39. The summed E-state index contributed by atoms with van der Waals surface area (Å²) in [5, 5.41) is 17.1. The zero-order chi connectivity index (χ0) is 15.5. The Kier molecular flexibility index (Phi) is 5.34. The van der Waals surface area contributed by atoms with E-state index in [1.54, 1.807) is 6.92 Å². The first-order valence-corrected chi connectivity index (χ1v) is 7.25. The Labute approximate surface area is 121 Å². The van der Waals surface area contributed by atoms with Crippen LogP contribution in [0, 0.1) is 13.8 Å². The quantitative estimate of drug-likeness (QED) is 0.804. The average Bonchev–Trinajstić information content (AvgIpc) is 2.60. The summed E-state index contributed by atoms with van der Waals surface area (Å²) in [5.41, 5.74) is 2.52. The van der Waals surface area contributed by atoms with E-state index >= 15 is 0 Å². The molecule has 0 aliphatic carbocycles. The number of nitrogens with zero attached hydrogens (tertiary/aromatic N) is 2. The summed E-state index contributed by atoms with van der Waals surface area (Å²) in [6, 6.07) is 0.128. The van der Waals surface area contributed by atoms with Gasteiger partial charge in [-0.15, -0.1) is 0 Å². The predicted octanol–water partition coefficient (Wildman–Crippen LogP) is 2.29. The normalized spacial score (nSPS) is 14.6. The molecule has 0 saturated heterocycles. The van der Waals surface area contributed by atoms with E-state index in [-0.39, 0.29) is 6.04 Å². The highest BCUT2D eigenvalue weighted by Gasteiger charge is 2.33. The molecule has 1 aromatic rings. The summed E-state index contributed by atoms with van der Waals surface area (Å²) >= 11 is 0. The summed E-state index contributed by atoms with van der Waals surface area (Å²) in [7, 11) is 0. The molecule has 0 radical (unpaired) electrons. The van der Waals surface area contributed by atoms with E-state index in [2.05, 4.69) is 17.3 Å². The van der Waals surface area contributed by atoms with Crippen LogP contribution in [0.1, 0.15) is 51.1 Å². The van der Waals surface area contributed by atoms with Crippen molar-refractivity contribution in [3.8, 4) is 0 Å². The third kappa shape index (κ3) is 3.60. The Morgan fingerprint density at radius 1 is 1.45 bits per heavy atom. The third-order valence-electron chi connectivity index (χ3n) is 3.79. The molecule has 1 heterocycles. The second-order valence-corrected chi connectivity index (χ2v) is 5.91. The Bertz CT molecular complexity index is 480. The fourth-order valence-corrected chi connectivity index (χ4v) is 2.67. The lowest BCUT2D eigenvalue weighted by Gasteiger charge is -2.28. The molecular weight excluding hydrogens is 254 g/mol. The van der Waals surface area contributed by atoms with Crippen molar-refractivity contribution in [2.75, 3.05) is 0 Å². The van der Waals surface area contributed by atoms with Gasteiger partial charge in [-0.05, 0) is 53.0 Å². The lowest BCUT2D eigenvalue weighted by Crippen LogP contribution is -2.52. The number of carboxylic acid groups (broad SMARTS) is 1. The molecule has 1 unspecified atom stereocenters. The number of aryl methyl sites for hydroxylation is 2. The molecule has 5 nitrogen and oxygen atoms in total. The van der Waals surface area contributed by atoms with Gasteiger partial charge >= 0.3 is 5.97 Å². The van der Waals surface area contributed by atoms with Gasteiger partial charge in [-0.1, -0.05) is 6.92 Å². The van der Waals surface area contributed by atoms with Crippen molar-refractivity contribution in [1.29, 1.82) is 0 Å². The first-order valence-electron chi connectivity index (χ1n) is 7.25. The summed E-state index contributed by atoms with van der Waals surface area (Å²) in [6.45, 7) is 12.4. The van der Waals surface area contributed by atoms with Crippen molar-refractivity contribution < 1.29 is 9.90 Å². The van der Waals surface area contributed by atoms with Crippen LogP contribution in [0.4, 0.5) is 0 Å². The van der Waals surface area contributed by atoms with Gasteiger partial charge in [0.15, 0.2) is 0 Å². The molecule has 114 valence electrons. The molecule has 0 saturated carbocycles. The fourth-order valence-electron chi connectivity index (χ4n) is 2.67. The Balaban J connectivity index is 2.86. The van der Waals surface area contributed by atoms with Gasteiger partial charge in [-0.2, -0.15) is 5.10 Å². The number of aromatic nitrogens is 2. The fraction of sp³-hybridized carbons (Fsp3) is 0.733. The van der Waals surface area contributed by atoms with Crippen LogP contribution in [0.15, 0.2) is 0 Å². The van der Waals surface area contributed by atoms with Gasteiger partial charge < -0.3 is 5.11 Å². The zero-order valence-electron chi connectivity index (χ0n) is 13.4. The van der Waals surface area contributed by atoms with Crippen LogP contribution in [0.5, 0.6) is 0 Å². The van der Waals surface area contributed by atoms with Crippen molar-refractivity contribution >= 4 is 5.97 Å². The molecule has 1 aromatic heterocycles. The van der Waals surface area contributed by atoms with Crippen LogP contribution >= 0.6 is 0 Å². The molecule has 0 aliphatic heterocycles. The van der Waals surface area contributed by atoms with Crippen molar-refractivity contribution in [2.24, 2.45) is 0 Å². The topological polar surface area (TPSA) is 67.2 Å². The maximum Gasteiger partial charge on any atom is 0.323 e. The minimum Gasteiger partial charge on any atom is -0.480 e. The van der Waals surface area contributed by atoms with Crippen molar-refractivity contribution in [3.63, 3.8) is 0 Å². The lowest BCUT2D eigenvalue weighted by atomic mass is 9.97. The molecule has 0 fully saturated rings. The van der Waals surface area contributed by atoms with Crippen LogP contribution in [0.2, 0.25) is 0 Å². The molecule has 1 rings (SSSR count). The van der Waals surface area contributed by atoms with Crippen molar-refractivity contribution in [2.45, 2.75) is 72.5 Å². The summed E-state index contributed by atoms with van der Waals surface area (Å²) in [5.74, 6) is -0.816. The van der Waals surface area contributed by atoms with Gasteiger partial charge in [0.2, 0.25) is 0 Å². The molecule has 20 heavy (non-hydrogen) atoms. The van der Waals surface area contributed by atoms with Gasteiger partial charge in [0, 0.05) is 18.3 Å². The highest BCUT2D eigenvalue weighted by Crippen LogP contribution is 2.17. The largest absolute Gasteiger partial charge is 0.480 e. The number of hydrogen-bond acceptors (Lipinski definition) is 3. The summed E-state index contributed by atoms with van der Waals surface area (Å²) in [6.07, 6.45) is 1.46. The molecule has 0 aromatic carbocycles. The van der Waals surface area contributed by atoms with Crippen LogP contribution in [0.3, 0.4) is 0 Å². The molecular formula is C15H27N3O2. The number of carboxylic acids is 1. The van der Waals surface area contributed by atoms with Crippen LogP contribution in [-0.4, -0.2) is 32.4 Å². The first-order chi connectivity index (χ1) is 9.21. The number of aliphatic carboxylic acids is 1. The number of nitrogens with one attached hydrogen (secondary N) is 1. The Morgan fingerprint density at radius 2 is 2.05 bits per heavy atom. The standard InChI is InChI=1S/C15H27N3O2/c1-7-13-11(4)17-18(12(13)5)9-8-15(6,14(19)20)16-10(2)3/h10,16H,7-9H2,1-6H3,(H,19,20). The third-order valence-corrected chi connectivity index (χ3v) is 3.79. The first kappa shape index (κ1) is 16.7. The van der Waals surface area contributed by atoms with Crippen molar-refractivity contribution in [1.82, 2.24) is 15.1 Å². The second-order valence-electron chi connectivity index (χ2n) is 5.91. The lowest BCUT2D eigenvalue weighted by molar-refractivity contribution is -0.144. The molecule has 0 spiro atoms. The van der Waals surface area contributed by atoms with Gasteiger partial charge in [-0.25, -0.2) is 0 Å². The van der Waals surface area contributed by atoms with E-state index in [1.807, 2.05) is 32.4 Å². The molecule has 5 heteroatoms. The van der Waals surface area contributed by atoms with Gasteiger partial charge in [0.25, 0.3) is 0 Å². The predicted molar refractivity (Wildman–Crippen MR) is 80.0 cm³/mol. The van der Waals surface area contributed by atoms with E-state index in [9.17, 15) is 9.90 Å². The monoisotopic (exact) mass is 281 g/mol. The minimum absolute atomic E-state index is 0.128. The van der Waals surface area contributed by atoms with E-state index in [1.165, 1.54) is 5.56 Å². The van der Waals surface area contributed by atoms with E-state index in [4.69, 9.17) is 0 Å².